The van der Waals surface area contributed by atoms with Gasteiger partial charge in [-0.2, -0.15) is 0 Å². The second-order valence-electron chi connectivity index (χ2n) is 5.13. The van der Waals surface area contributed by atoms with Gasteiger partial charge in [-0.1, -0.05) is 12.1 Å². The van der Waals surface area contributed by atoms with Crippen LogP contribution in [0.4, 0.5) is 10.8 Å². The quantitative estimate of drug-likeness (QED) is 0.788. The maximum absolute atomic E-state index is 12.5. The van der Waals surface area contributed by atoms with Gasteiger partial charge in [-0.25, -0.2) is 15.0 Å². The van der Waals surface area contributed by atoms with Crippen LogP contribution in [-0.2, 0) is 6.42 Å². The number of para-hydroxylation sites is 1. The fraction of sp³-hybridized carbons (Fsp3) is 0.125. The number of aromatic nitrogens is 2. The van der Waals surface area contributed by atoms with Gasteiger partial charge in [-0.15, -0.1) is 22.7 Å². The lowest BCUT2D eigenvalue weighted by molar-refractivity contribution is 0.102. The van der Waals surface area contributed by atoms with Gasteiger partial charge in [-0.05, 0) is 18.6 Å². The molecule has 0 radical (unpaired) electrons. The molecule has 4 rings (SSSR count). The molecule has 5 nitrogen and oxygen atoms in total. The lowest BCUT2D eigenvalue weighted by atomic mass is 10.1. The summed E-state index contributed by atoms with van der Waals surface area (Å²) in [5.74, 6) is -0.183. The Bertz CT molecular complexity index is 912. The predicted molar refractivity (Wildman–Crippen MR) is 93.3 cm³/mol. The summed E-state index contributed by atoms with van der Waals surface area (Å²) in [5, 5.41) is 8.16. The molecule has 23 heavy (non-hydrogen) atoms. The number of rotatable bonds is 3. The van der Waals surface area contributed by atoms with Crippen molar-refractivity contribution < 1.29 is 4.79 Å². The minimum atomic E-state index is -0.183. The van der Waals surface area contributed by atoms with E-state index < -0.39 is 0 Å². The molecule has 0 spiro atoms. The van der Waals surface area contributed by atoms with Crippen molar-refractivity contribution >= 4 is 45.1 Å². The third-order valence-corrected chi connectivity index (χ3v) is 5.19. The molecule has 0 aliphatic carbocycles. The number of fused-ring (bicyclic) bond motifs is 1. The van der Waals surface area contributed by atoms with Crippen LogP contribution in [0.25, 0.3) is 0 Å². The van der Waals surface area contributed by atoms with Crippen LogP contribution in [-0.4, -0.2) is 21.6 Å². The molecule has 3 heterocycles. The molecule has 0 saturated heterocycles. The number of nitrogens with zero attached hydrogens (tertiary/aromatic N) is 3. The minimum Gasteiger partial charge on any atom is -0.298 e. The van der Waals surface area contributed by atoms with Gasteiger partial charge >= 0.3 is 0 Å². The first-order valence-electron chi connectivity index (χ1n) is 7.03. The summed E-state index contributed by atoms with van der Waals surface area (Å²) in [6, 6.07) is 5.69. The monoisotopic (exact) mass is 340 g/mol. The molecule has 0 saturated carbocycles. The average molecular weight is 340 g/mol. The van der Waals surface area contributed by atoms with E-state index in [4.69, 9.17) is 0 Å². The number of thiazole rings is 2. The number of aliphatic imine (C=N–C) groups is 1. The lowest BCUT2D eigenvalue weighted by Crippen LogP contribution is -2.11. The zero-order valence-electron chi connectivity index (χ0n) is 12.2. The van der Waals surface area contributed by atoms with E-state index in [0.717, 1.165) is 27.7 Å². The Morgan fingerprint density at radius 2 is 2.22 bits per heavy atom. The van der Waals surface area contributed by atoms with E-state index in [0.29, 0.717) is 17.1 Å². The van der Waals surface area contributed by atoms with E-state index in [1.54, 1.807) is 23.6 Å². The molecular formula is C16H12N4OS2. The van der Waals surface area contributed by atoms with Crippen molar-refractivity contribution in [2.75, 3.05) is 5.32 Å². The summed E-state index contributed by atoms with van der Waals surface area (Å²) in [5.41, 5.74) is 4.28. The van der Waals surface area contributed by atoms with Crippen LogP contribution < -0.4 is 5.32 Å². The van der Waals surface area contributed by atoms with Crippen molar-refractivity contribution in [2.45, 2.75) is 13.3 Å². The Morgan fingerprint density at radius 3 is 2.96 bits per heavy atom. The number of benzene rings is 1. The smallest absolute Gasteiger partial charge is 0.259 e. The SMILES string of the molecule is Cc1csc(C2=Nc3c(cccc3C(=O)Nc3nccs3)C2)n1. The highest BCUT2D eigenvalue weighted by molar-refractivity contribution is 7.13. The first-order chi connectivity index (χ1) is 11.2. The molecule has 0 unspecified atom stereocenters. The van der Waals surface area contributed by atoms with Crippen molar-refractivity contribution in [3.63, 3.8) is 0 Å². The average Bonchev–Trinajstić information content (AvgIpc) is 3.25. The van der Waals surface area contributed by atoms with Crippen molar-refractivity contribution in [3.05, 3.63) is 57.0 Å². The van der Waals surface area contributed by atoms with E-state index in [9.17, 15) is 4.79 Å². The third-order valence-electron chi connectivity index (χ3n) is 3.49. The van der Waals surface area contributed by atoms with Gasteiger partial charge in [-0.3, -0.25) is 10.1 Å². The molecule has 2 aromatic heterocycles. The highest BCUT2D eigenvalue weighted by atomic mass is 32.1. The molecule has 1 aromatic carbocycles. The Balaban J connectivity index is 1.68. The molecule has 3 aromatic rings. The van der Waals surface area contributed by atoms with Gasteiger partial charge in [0, 0.05) is 29.1 Å². The van der Waals surface area contributed by atoms with Gasteiger partial charge in [0.25, 0.3) is 5.91 Å². The fourth-order valence-electron chi connectivity index (χ4n) is 2.46. The lowest BCUT2D eigenvalue weighted by Gasteiger charge is -2.05. The highest BCUT2D eigenvalue weighted by Gasteiger charge is 2.23. The molecule has 1 aliphatic heterocycles. The van der Waals surface area contributed by atoms with Gasteiger partial charge < -0.3 is 0 Å². The summed E-state index contributed by atoms with van der Waals surface area (Å²) in [6.45, 7) is 1.97. The number of aryl methyl sites for hydroxylation is 1. The summed E-state index contributed by atoms with van der Waals surface area (Å²) < 4.78 is 0. The molecule has 0 atom stereocenters. The zero-order valence-corrected chi connectivity index (χ0v) is 13.9. The van der Waals surface area contributed by atoms with Crippen LogP contribution in [0.15, 0.2) is 40.1 Å². The summed E-state index contributed by atoms with van der Waals surface area (Å²) in [6.07, 6.45) is 2.37. The maximum atomic E-state index is 12.5. The Kier molecular flexibility index (Phi) is 3.51. The third kappa shape index (κ3) is 2.69. The van der Waals surface area contributed by atoms with E-state index >= 15 is 0 Å². The van der Waals surface area contributed by atoms with Crippen molar-refractivity contribution in [3.8, 4) is 0 Å². The second kappa shape index (κ2) is 5.68. The van der Waals surface area contributed by atoms with Crippen LogP contribution in [0.5, 0.6) is 0 Å². The Hall–Kier alpha value is -2.38. The molecule has 0 bridgehead atoms. The minimum absolute atomic E-state index is 0.183. The van der Waals surface area contributed by atoms with Crippen LogP contribution in [0.1, 0.15) is 26.6 Å². The van der Waals surface area contributed by atoms with Crippen LogP contribution >= 0.6 is 22.7 Å². The van der Waals surface area contributed by atoms with Crippen molar-refractivity contribution in [1.82, 2.24) is 9.97 Å². The normalized spacial score (nSPS) is 12.8. The molecule has 114 valence electrons. The summed E-state index contributed by atoms with van der Waals surface area (Å²) >= 11 is 2.98. The molecule has 7 heteroatoms. The van der Waals surface area contributed by atoms with Gasteiger partial charge in [0.2, 0.25) is 0 Å². The van der Waals surface area contributed by atoms with Crippen molar-refractivity contribution in [2.24, 2.45) is 4.99 Å². The van der Waals surface area contributed by atoms with Gasteiger partial charge in [0.05, 0.1) is 17.0 Å². The van der Waals surface area contributed by atoms with Crippen LogP contribution in [0.3, 0.4) is 0 Å². The number of hydrogen-bond donors (Lipinski definition) is 1. The fourth-order valence-corrected chi connectivity index (χ4v) is 3.77. The number of nitrogens with one attached hydrogen (secondary N) is 1. The number of anilines is 1. The molecule has 1 aliphatic rings. The zero-order chi connectivity index (χ0) is 15.8. The Morgan fingerprint density at radius 1 is 1.30 bits per heavy atom. The van der Waals surface area contributed by atoms with E-state index in [2.05, 4.69) is 20.3 Å². The maximum Gasteiger partial charge on any atom is 0.259 e. The molecule has 1 N–H and O–H groups in total. The Labute approximate surface area is 140 Å². The summed E-state index contributed by atoms with van der Waals surface area (Å²) in [4.78, 5) is 25.7. The number of carbonyl (C=O) groups is 1. The van der Waals surface area contributed by atoms with Gasteiger partial charge in [0.15, 0.2) is 5.13 Å². The highest BCUT2D eigenvalue weighted by Crippen LogP contribution is 2.33. The topological polar surface area (TPSA) is 67.2 Å². The second-order valence-corrected chi connectivity index (χ2v) is 6.89. The number of amides is 1. The van der Waals surface area contributed by atoms with E-state index in [1.807, 2.05) is 29.8 Å². The van der Waals surface area contributed by atoms with Crippen LogP contribution in [0.2, 0.25) is 0 Å². The molecule has 1 amide bonds. The number of hydrogen-bond acceptors (Lipinski definition) is 6. The van der Waals surface area contributed by atoms with E-state index in [-0.39, 0.29) is 5.91 Å². The van der Waals surface area contributed by atoms with E-state index in [1.165, 1.54) is 11.3 Å². The molecule has 0 fully saturated rings. The predicted octanol–water partition coefficient (Wildman–Crippen LogP) is 3.84. The first-order valence-corrected chi connectivity index (χ1v) is 8.79. The van der Waals surface area contributed by atoms with Gasteiger partial charge in [0.1, 0.15) is 5.01 Å². The first kappa shape index (κ1) is 14.2. The molecular weight excluding hydrogens is 328 g/mol. The van der Waals surface area contributed by atoms with Crippen LogP contribution in [0, 0.1) is 6.92 Å². The standard InChI is InChI=1S/C16H12N4OS2/c1-9-8-23-15(18-9)12-7-10-3-2-4-11(13(10)19-12)14(21)20-16-17-5-6-22-16/h2-6,8H,7H2,1H3,(H,17,20,21). The van der Waals surface area contributed by atoms with Crippen molar-refractivity contribution in [1.29, 1.82) is 0 Å². The largest absolute Gasteiger partial charge is 0.298 e. The summed E-state index contributed by atoms with van der Waals surface area (Å²) in [7, 11) is 0. The number of carbonyl (C=O) groups excluding carboxylic acids is 1.